The minimum absolute atomic E-state index is 0.0879. The van der Waals surface area contributed by atoms with Crippen molar-refractivity contribution >= 4 is 5.97 Å². The molecule has 1 aromatic heterocycles. The van der Waals surface area contributed by atoms with Gasteiger partial charge in [-0.25, -0.2) is 0 Å². The second-order valence-corrected chi connectivity index (χ2v) is 5.56. The smallest absolute Gasteiger partial charge is 0.311 e. The summed E-state index contributed by atoms with van der Waals surface area (Å²) >= 11 is 0. The fourth-order valence-electron chi connectivity index (χ4n) is 2.43. The Kier molecular flexibility index (Phi) is 5.02. The van der Waals surface area contributed by atoms with Crippen molar-refractivity contribution in [2.75, 3.05) is 6.61 Å². The van der Waals surface area contributed by atoms with E-state index in [-0.39, 0.29) is 12.1 Å². The Morgan fingerprint density at radius 2 is 2.17 bits per heavy atom. The number of rotatable bonds is 6. The van der Waals surface area contributed by atoms with Crippen LogP contribution in [0, 0.1) is 0 Å². The summed E-state index contributed by atoms with van der Waals surface area (Å²) < 4.78 is 16.1. The van der Waals surface area contributed by atoms with Gasteiger partial charge in [-0.3, -0.25) is 4.79 Å². The van der Waals surface area contributed by atoms with Crippen LogP contribution >= 0.6 is 0 Å². The highest BCUT2D eigenvalue weighted by molar-refractivity contribution is 5.72. The second-order valence-electron chi connectivity index (χ2n) is 5.56. The topological polar surface area (TPSA) is 74.5 Å². The number of nitrogens with zero attached hydrogens (tertiary/aromatic N) is 2. The highest BCUT2D eigenvalue weighted by atomic mass is 16.5. The lowest BCUT2D eigenvalue weighted by molar-refractivity contribution is -0.134. The largest absolute Gasteiger partial charge is 0.427 e. The third kappa shape index (κ3) is 3.96. The summed E-state index contributed by atoms with van der Waals surface area (Å²) in [6.45, 7) is 2.78. The van der Waals surface area contributed by atoms with E-state index in [1.807, 2.05) is 19.1 Å². The van der Waals surface area contributed by atoms with Crippen molar-refractivity contribution in [1.82, 2.24) is 10.1 Å². The molecule has 122 valence electrons. The molecule has 0 aliphatic carbocycles. The molecule has 0 radical (unpaired) electrons. The average molecular weight is 316 g/mol. The van der Waals surface area contributed by atoms with Crippen molar-refractivity contribution < 1.29 is 18.8 Å². The van der Waals surface area contributed by atoms with E-state index in [4.69, 9.17) is 14.0 Å². The number of hydrogen-bond acceptors (Lipinski definition) is 6. The lowest BCUT2D eigenvalue weighted by Gasteiger charge is -2.04. The predicted octanol–water partition coefficient (Wildman–Crippen LogP) is 3.68. The maximum atomic E-state index is 11.6. The van der Waals surface area contributed by atoms with E-state index in [1.54, 1.807) is 12.1 Å². The van der Waals surface area contributed by atoms with Gasteiger partial charge in [0.05, 0.1) is 0 Å². The molecule has 6 nitrogen and oxygen atoms in total. The van der Waals surface area contributed by atoms with Crippen LogP contribution in [-0.4, -0.2) is 22.7 Å². The number of carbonyl (C=O) groups is 1. The summed E-state index contributed by atoms with van der Waals surface area (Å²) in [5, 5.41) is 3.99. The summed E-state index contributed by atoms with van der Waals surface area (Å²) in [6, 6.07) is 7.10. The monoisotopic (exact) mass is 316 g/mol. The molecule has 0 amide bonds. The maximum Gasteiger partial charge on any atom is 0.311 e. The zero-order chi connectivity index (χ0) is 16.1. The molecule has 0 spiro atoms. The van der Waals surface area contributed by atoms with Gasteiger partial charge in [-0.2, -0.15) is 4.98 Å². The molecular formula is C17H20N2O4. The zero-order valence-electron chi connectivity index (χ0n) is 13.2. The predicted molar refractivity (Wildman–Crippen MR) is 82.8 cm³/mol. The van der Waals surface area contributed by atoms with Crippen molar-refractivity contribution in [1.29, 1.82) is 0 Å². The van der Waals surface area contributed by atoms with Crippen molar-refractivity contribution in [2.24, 2.45) is 0 Å². The highest BCUT2D eigenvalue weighted by Crippen LogP contribution is 2.29. The molecule has 0 saturated carbocycles. The lowest BCUT2D eigenvalue weighted by atomic mass is 10.2. The third-order valence-corrected chi connectivity index (χ3v) is 3.73. The van der Waals surface area contributed by atoms with Crippen molar-refractivity contribution in [2.45, 2.75) is 45.1 Å². The molecule has 1 aliphatic heterocycles. The molecule has 1 atom stereocenters. The molecule has 2 aromatic rings. The Morgan fingerprint density at radius 3 is 2.87 bits per heavy atom. The first-order chi connectivity index (χ1) is 11.3. The SMILES string of the molecule is CCCCC(=O)Oc1ccc(-c2noc(C3CCCO3)n2)cc1. The molecular weight excluding hydrogens is 296 g/mol. The number of esters is 1. The number of carbonyl (C=O) groups excluding carboxylic acids is 1. The Balaban J connectivity index is 1.64. The number of hydrogen-bond donors (Lipinski definition) is 0. The molecule has 1 unspecified atom stereocenters. The van der Waals surface area contributed by atoms with Gasteiger partial charge < -0.3 is 14.0 Å². The van der Waals surface area contributed by atoms with Gasteiger partial charge in [-0.1, -0.05) is 18.5 Å². The lowest BCUT2D eigenvalue weighted by Crippen LogP contribution is -2.07. The number of benzene rings is 1. The van der Waals surface area contributed by atoms with Crippen LogP contribution < -0.4 is 4.74 Å². The van der Waals surface area contributed by atoms with E-state index < -0.39 is 0 Å². The molecule has 6 heteroatoms. The average Bonchev–Trinajstić information content (AvgIpc) is 3.24. The summed E-state index contributed by atoms with van der Waals surface area (Å²) in [5.74, 6) is 1.35. The molecule has 23 heavy (non-hydrogen) atoms. The molecule has 0 N–H and O–H groups in total. The summed E-state index contributed by atoms with van der Waals surface area (Å²) in [7, 11) is 0. The first kappa shape index (κ1) is 15.7. The first-order valence-corrected chi connectivity index (χ1v) is 8.02. The van der Waals surface area contributed by atoms with Gasteiger partial charge >= 0.3 is 5.97 Å². The van der Waals surface area contributed by atoms with Crippen LogP contribution in [0.5, 0.6) is 5.75 Å². The molecule has 3 rings (SSSR count). The molecule has 1 aromatic carbocycles. The fourth-order valence-corrected chi connectivity index (χ4v) is 2.43. The third-order valence-electron chi connectivity index (χ3n) is 3.73. The molecule has 1 aliphatic rings. The minimum atomic E-state index is -0.208. The van der Waals surface area contributed by atoms with Crippen LogP contribution in [0.3, 0.4) is 0 Å². The van der Waals surface area contributed by atoms with Crippen molar-refractivity contribution in [3.8, 4) is 17.1 Å². The first-order valence-electron chi connectivity index (χ1n) is 8.02. The van der Waals surface area contributed by atoms with Crippen LogP contribution in [-0.2, 0) is 9.53 Å². The minimum Gasteiger partial charge on any atom is -0.427 e. The van der Waals surface area contributed by atoms with Crippen molar-refractivity contribution in [3.05, 3.63) is 30.2 Å². The van der Waals surface area contributed by atoms with Crippen LogP contribution in [0.15, 0.2) is 28.8 Å². The Labute approximate surface area is 134 Å². The van der Waals surface area contributed by atoms with Crippen LogP contribution in [0.2, 0.25) is 0 Å². The van der Waals surface area contributed by atoms with E-state index in [2.05, 4.69) is 10.1 Å². The number of unbranched alkanes of at least 4 members (excludes halogenated alkanes) is 1. The van der Waals surface area contributed by atoms with Gasteiger partial charge in [0.2, 0.25) is 5.82 Å². The summed E-state index contributed by atoms with van der Waals surface area (Å²) in [4.78, 5) is 16.0. The number of ether oxygens (including phenoxy) is 2. The number of aromatic nitrogens is 2. The Hall–Kier alpha value is -2.21. The van der Waals surface area contributed by atoms with Gasteiger partial charge in [0, 0.05) is 18.6 Å². The van der Waals surface area contributed by atoms with Gasteiger partial charge in [-0.05, 0) is 43.5 Å². The van der Waals surface area contributed by atoms with E-state index >= 15 is 0 Å². The summed E-state index contributed by atoms with van der Waals surface area (Å²) in [5.41, 5.74) is 0.811. The normalized spacial score (nSPS) is 17.3. The molecule has 2 heterocycles. The van der Waals surface area contributed by atoms with E-state index in [0.29, 0.717) is 23.9 Å². The molecule has 1 fully saturated rings. The van der Waals surface area contributed by atoms with E-state index in [1.165, 1.54) is 0 Å². The van der Waals surface area contributed by atoms with Crippen LogP contribution in [0.4, 0.5) is 0 Å². The zero-order valence-corrected chi connectivity index (χ0v) is 13.2. The molecule has 1 saturated heterocycles. The second kappa shape index (κ2) is 7.37. The highest BCUT2D eigenvalue weighted by Gasteiger charge is 2.24. The standard InChI is InChI=1S/C17H20N2O4/c1-2-3-6-15(20)22-13-9-7-12(8-10-13)16-18-17(23-19-16)14-5-4-11-21-14/h7-10,14H,2-6,11H2,1H3. The van der Waals surface area contributed by atoms with Crippen molar-refractivity contribution in [3.63, 3.8) is 0 Å². The van der Waals surface area contributed by atoms with Gasteiger partial charge in [0.25, 0.3) is 5.89 Å². The Bertz CT molecular complexity index is 645. The van der Waals surface area contributed by atoms with Gasteiger partial charge in [-0.15, -0.1) is 0 Å². The fraction of sp³-hybridized carbons (Fsp3) is 0.471. The van der Waals surface area contributed by atoms with E-state index in [9.17, 15) is 4.79 Å². The quantitative estimate of drug-likeness (QED) is 0.598. The maximum absolute atomic E-state index is 11.6. The molecule has 0 bridgehead atoms. The van der Waals surface area contributed by atoms with E-state index in [0.717, 1.165) is 37.9 Å². The van der Waals surface area contributed by atoms with Crippen LogP contribution in [0.1, 0.15) is 51.0 Å². The van der Waals surface area contributed by atoms with Gasteiger partial charge in [0.15, 0.2) is 0 Å². The van der Waals surface area contributed by atoms with Crippen LogP contribution in [0.25, 0.3) is 11.4 Å². The summed E-state index contributed by atoms with van der Waals surface area (Å²) in [6.07, 6.45) is 4.09. The van der Waals surface area contributed by atoms with Gasteiger partial charge in [0.1, 0.15) is 11.9 Å². The Morgan fingerprint density at radius 1 is 1.35 bits per heavy atom.